The molecular weight excluding hydrogens is 319 g/mol. The van der Waals surface area contributed by atoms with Crippen LogP contribution in [0.2, 0.25) is 0 Å². The van der Waals surface area contributed by atoms with Crippen molar-refractivity contribution < 1.29 is 4.79 Å². The third kappa shape index (κ3) is 2.33. The summed E-state index contributed by atoms with van der Waals surface area (Å²) < 4.78 is 0. The summed E-state index contributed by atoms with van der Waals surface area (Å²) in [6, 6.07) is 0. The second-order valence-corrected chi connectivity index (χ2v) is 8.24. The molecular formula is C17H21BN4OS. The van der Waals surface area contributed by atoms with Gasteiger partial charge < -0.3 is 10.5 Å². The summed E-state index contributed by atoms with van der Waals surface area (Å²) in [6.07, 6.45) is 8.85. The zero-order valence-electron chi connectivity index (χ0n) is 14.2. The van der Waals surface area contributed by atoms with Gasteiger partial charge in [0, 0.05) is 6.54 Å². The second-order valence-electron chi connectivity index (χ2n) is 7.24. The number of aromatic nitrogens is 2. The molecule has 1 amide bonds. The van der Waals surface area contributed by atoms with Crippen molar-refractivity contribution in [3.8, 4) is 0 Å². The minimum Gasteiger partial charge on any atom is -0.401 e. The maximum Gasteiger partial charge on any atom is 0.249 e. The second kappa shape index (κ2) is 5.58. The van der Waals surface area contributed by atoms with Gasteiger partial charge in [0.15, 0.2) is 0 Å². The van der Waals surface area contributed by atoms with Gasteiger partial charge in [-0.2, -0.15) is 0 Å². The van der Waals surface area contributed by atoms with Gasteiger partial charge in [0.1, 0.15) is 17.0 Å². The molecule has 0 aromatic carbocycles. The Balaban J connectivity index is 1.64. The van der Waals surface area contributed by atoms with Gasteiger partial charge in [-0.15, -0.1) is 11.3 Å². The highest BCUT2D eigenvalue weighted by Crippen LogP contribution is 2.51. The van der Waals surface area contributed by atoms with Crippen LogP contribution in [0.15, 0.2) is 18.5 Å². The molecule has 7 heteroatoms. The van der Waals surface area contributed by atoms with Crippen LogP contribution in [0.5, 0.6) is 0 Å². The lowest BCUT2D eigenvalue weighted by molar-refractivity contribution is 0.0985. The van der Waals surface area contributed by atoms with Crippen LogP contribution in [0, 0.1) is 24.2 Å². The van der Waals surface area contributed by atoms with Crippen molar-refractivity contribution in [3.63, 3.8) is 0 Å². The lowest BCUT2D eigenvalue weighted by Gasteiger charge is -2.31. The summed E-state index contributed by atoms with van der Waals surface area (Å²) in [5.41, 5.74) is 1.24. The first-order valence-corrected chi connectivity index (χ1v) is 9.22. The topological polar surface area (TPSA) is 66.9 Å². The number of nitrogens with zero attached hydrogens (tertiary/aromatic N) is 2. The van der Waals surface area contributed by atoms with Gasteiger partial charge >= 0.3 is 0 Å². The predicted octanol–water partition coefficient (Wildman–Crippen LogP) is 2.29. The van der Waals surface area contributed by atoms with E-state index in [1.54, 1.807) is 14.3 Å². The van der Waals surface area contributed by atoms with Crippen LogP contribution in [0.25, 0.3) is 10.2 Å². The van der Waals surface area contributed by atoms with Crippen LogP contribution in [0.3, 0.4) is 0 Å². The highest BCUT2D eigenvalue weighted by molar-refractivity contribution is 7.20. The van der Waals surface area contributed by atoms with Crippen molar-refractivity contribution in [1.82, 2.24) is 15.2 Å². The fourth-order valence-corrected chi connectivity index (χ4v) is 5.31. The minimum atomic E-state index is -0.0633. The highest BCUT2D eigenvalue weighted by atomic mass is 32.1. The van der Waals surface area contributed by atoms with Gasteiger partial charge in [0.2, 0.25) is 13.9 Å². The number of thiophene rings is 1. The number of rotatable bonds is 4. The monoisotopic (exact) mass is 340 g/mol. The molecule has 3 unspecified atom stereocenters. The van der Waals surface area contributed by atoms with E-state index in [1.807, 2.05) is 6.92 Å². The predicted molar refractivity (Wildman–Crippen MR) is 100 cm³/mol. The normalized spacial score (nSPS) is 27.8. The number of allylic oxidation sites excluding steroid dienone is 2. The Morgan fingerprint density at radius 3 is 2.96 bits per heavy atom. The SMILES string of the molecule is BNC(=O)c1sc2ncnc(NCC3(C)CC4C=CC3C4)c2c1C. The Kier molecular flexibility index (Phi) is 3.64. The van der Waals surface area contributed by atoms with Crippen molar-refractivity contribution in [3.05, 3.63) is 28.9 Å². The molecule has 0 saturated heterocycles. The fourth-order valence-electron chi connectivity index (χ4n) is 4.22. The lowest BCUT2D eigenvalue weighted by Crippen LogP contribution is -2.30. The number of aryl methyl sites for hydroxylation is 1. The first kappa shape index (κ1) is 15.6. The third-order valence-electron chi connectivity index (χ3n) is 5.62. The van der Waals surface area contributed by atoms with Crippen molar-refractivity contribution in [2.75, 3.05) is 11.9 Å². The van der Waals surface area contributed by atoms with E-state index in [2.05, 4.69) is 39.6 Å². The quantitative estimate of drug-likeness (QED) is 0.662. The average molecular weight is 340 g/mol. The number of carbonyl (C=O) groups is 1. The van der Waals surface area contributed by atoms with Crippen LogP contribution in [0.4, 0.5) is 5.82 Å². The van der Waals surface area contributed by atoms with Crippen molar-refractivity contribution in [1.29, 1.82) is 0 Å². The van der Waals surface area contributed by atoms with E-state index in [-0.39, 0.29) is 11.3 Å². The van der Waals surface area contributed by atoms with Crippen LogP contribution < -0.4 is 10.5 Å². The van der Waals surface area contributed by atoms with Gasteiger partial charge in [0.05, 0.1) is 10.3 Å². The molecule has 2 aliphatic carbocycles. The first-order chi connectivity index (χ1) is 11.5. The number of nitrogens with one attached hydrogen (secondary N) is 2. The molecule has 2 aromatic heterocycles. The molecule has 5 nitrogen and oxygen atoms in total. The van der Waals surface area contributed by atoms with E-state index < -0.39 is 0 Å². The standard InChI is InChI=1S/C17H21BN4OS/c1-9-12-14(19-7-17(2)6-10-3-4-11(17)5-10)20-8-21-16(12)24-13(9)15(23)22-18/h3-4,8,10-11H,5-7,18H2,1-2H3,(H,22,23)(H,19,20,21). The lowest BCUT2D eigenvalue weighted by atomic mass is 9.77. The molecule has 0 spiro atoms. The van der Waals surface area contributed by atoms with Gasteiger partial charge in [-0.25, -0.2) is 9.97 Å². The number of carbonyl (C=O) groups excluding carboxylic acids is 1. The van der Waals surface area contributed by atoms with E-state index in [9.17, 15) is 4.79 Å². The average Bonchev–Trinajstić information content (AvgIpc) is 3.26. The number of hydrogen-bond donors (Lipinski definition) is 2. The molecule has 0 aliphatic heterocycles. The van der Waals surface area contributed by atoms with Gasteiger partial charge in [0.25, 0.3) is 0 Å². The summed E-state index contributed by atoms with van der Waals surface area (Å²) in [6.45, 7) is 5.23. The first-order valence-electron chi connectivity index (χ1n) is 8.40. The fraction of sp³-hybridized carbons (Fsp3) is 0.471. The summed E-state index contributed by atoms with van der Waals surface area (Å²) in [5, 5.41) is 7.23. The van der Waals surface area contributed by atoms with Crippen molar-refractivity contribution in [2.45, 2.75) is 26.7 Å². The molecule has 3 atom stereocenters. The van der Waals surface area contributed by atoms with Crippen molar-refractivity contribution >= 4 is 41.3 Å². The maximum absolute atomic E-state index is 12.0. The summed E-state index contributed by atoms with van der Waals surface area (Å²) in [4.78, 5) is 22.4. The Labute approximate surface area is 146 Å². The summed E-state index contributed by atoms with van der Waals surface area (Å²) in [5.74, 6) is 2.19. The molecule has 2 bridgehead atoms. The molecule has 124 valence electrons. The van der Waals surface area contributed by atoms with E-state index in [1.165, 1.54) is 24.2 Å². The van der Waals surface area contributed by atoms with Gasteiger partial charge in [-0.05, 0) is 42.6 Å². The molecule has 2 N–H and O–H groups in total. The molecule has 1 fully saturated rings. The molecule has 2 aliphatic rings. The smallest absolute Gasteiger partial charge is 0.249 e. The number of amides is 1. The van der Waals surface area contributed by atoms with Crippen LogP contribution in [0.1, 0.15) is 35.0 Å². The minimum absolute atomic E-state index is 0.0633. The molecule has 4 rings (SSSR count). The third-order valence-corrected chi connectivity index (χ3v) is 6.81. The van der Waals surface area contributed by atoms with E-state index in [4.69, 9.17) is 0 Å². The summed E-state index contributed by atoms with van der Waals surface area (Å²) in [7, 11) is 1.65. The molecule has 0 radical (unpaired) electrons. The molecule has 2 aromatic rings. The molecule has 1 saturated carbocycles. The van der Waals surface area contributed by atoms with Crippen molar-refractivity contribution in [2.24, 2.45) is 17.3 Å². The number of anilines is 1. The van der Waals surface area contributed by atoms with Gasteiger partial charge in [-0.1, -0.05) is 19.1 Å². The maximum atomic E-state index is 12.0. The number of fused-ring (bicyclic) bond motifs is 3. The van der Waals surface area contributed by atoms with E-state index in [0.29, 0.717) is 10.8 Å². The van der Waals surface area contributed by atoms with E-state index in [0.717, 1.165) is 34.1 Å². The molecule has 24 heavy (non-hydrogen) atoms. The van der Waals surface area contributed by atoms with Crippen LogP contribution in [-0.4, -0.2) is 30.4 Å². The zero-order chi connectivity index (χ0) is 16.9. The Morgan fingerprint density at radius 1 is 1.46 bits per heavy atom. The van der Waals surface area contributed by atoms with Crippen LogP contribution >= 0.6 is 11.3 Å². The van der Waals surface area contributed by atoms with Crippen LogP contribution in [-0.2, 0) is 0 Å². The van der Waals surface area contributed by atoms with E-state index >= 15 is 0 Å². The number of hydrogen-bond acceptors (Lipinski definition) is 5. The highest BCUT2D eigenvalue weighted by Gasteiger charge is 2.44. The molecule has 2 heterocycles. The van der Waals surface area contributed by atoms with Gasteiger partial charge in [-0.3, -0.25) is 4.79 Å². The summed E-state index contributed by atoms with van der Waals surface area (Å²) >= 11 is 1.43. The Morgan fingerprint density at radius 2 is 2.29 bits per heavy atom. The Bertz CT molecular complexity index is 848. The zero-order valence-corrected chi connectivity index (χ0v) is 15.0. The Hall–Kier alpha value is -1.89. The largest absolute Gasteiger partial charge is 0.401 e.